The number of benzene rings is 1. The Balaban J connectivity index is 2.15. The highest BCUT2D eigenvalue weighted by molar-refractivity contribution is 7.17. The van der Waals surface area contributed by atoms with E-state index in [4.69, 9.17) is 5.84 Å². The molecule has 1 unspecified atom stereocenters. The third kappa shape index (κ3) is 1.88. The molecule has 0 fully saturated rings. The first kappa shape index (κ1) is 11.3. The summed E-state index contributed by atoms with van der Waals surface area (Å²) in [5.41, 5.74) is 4.84. The quantitative estimate of drug-likeness (QED) is 0.557. The van der Waals surface area contributed by atoms with Gasteiger partial charge in [-0.15, -0.1) is 11.3 Å². The van der Waals surface area contributed by atoms with E-state index in [9.17, 15) is 0 Å². The van der Waals surface area contributed by atoms with E-state index in [1.165, 1.54) is 16.4 Å². The smallest absolute Gasteiger partial charge is 0.115 e. The minimum atomic E-state index is -0.115. The second kappa shape index (κ2) is 4.81. The molecular formula is C13H12N4S. The van der Waals surface area contributed by atoms with Crippen molar-refractivity contribution < 1.29 is 0 Å². The molecule has 5 heteroatoms. The molecule has 18 heavy (non-hydrogen) atoms. The van der Waals surface area contributed by atoms with Crippen LogP contribution in [0, 0.1) is 0 Å². The van der Waals surface area contributed by atoms with Crippen LogP contribution >= 0.6 is 11.3 Å². The van der Waals surface area contributed by atoms with Crippen LogP contribution in [-0.2, 0) is 0 Å². The lowest BCUT2D eigenvalue weighted by atomic mass is 10.0. The molecule has 3 N–H and O–H groups in total. The van der Waals surface area contributed by atoms with E-state index < -0.39 is 0 Å². The third-order valence-electron chi connectivity index (χ3n) is 2.89. The lowest BCUT2D eigenvalue weighted by molar-refractivity contribution is 0.623. The molecule has 0 aliphatic rings. The minimum Gasteiger partial charge on any atom is -0.271 e. The Bertz CT molecular complexity index is 650. The van der Waals surface area contributed by atoms with E-state index in [-0.39, 0.29) is 6.04 Å². The zero-order valence-corrected chi connectivity index (χ0v) is 10.4. The highest BCUT2D eigenvalue weighted by atomic mass is 32.1. The molecule has 0 saturated heterocycles. The highest BCUT2D eigenvalue weighted by Gasteiger charge is 2.16. The summed E-state index contributed by atoms with van der Waals surface area (Å²) in [7, 11) is 0. The predicted molar refractivity (Wildman–Crippen MR) is 73.0 cm³/mol. The SMILES string of the molecule is NNC(c1ccncn1)c1cccc2ccsc12. The first-order valence-corrected chi connectivity index (χ1v) is 6.46. The van der Waals surface area contributed by atoms with Crippen molar-refractivity contribution in [3.63, 3.8) is 0 Å². The number of nitrogens with two attached hydrogens (primary N) is 1. The Morgan fingerprint density at radius 3 is 2.94 bits per heavy atom. The van der Waals surface area contributed by atoms with Gasteiger partial charge < -0.3 is 0 Å². The largest absolute Gasteiger partial charge is 0.271 e. The van der Waals surface area contributed by atoms with Crippen LogP contribution in [-0.4, -0.2) is 9.97 Å². The van der Waals surface area contributed by atoms with E-state index in [1.807, 2.05) is 12.1 Å². The van der Waals surface area contributed by atoms with E-state index in [0.29, 0.717) is 0 Å². The van der Waals surface area contributed by atoms with E-state index >= 15 is 0 Å². The van der Waals surface area contributed by atoms with Gasteiger partial charge >= 0.3 is 0 Å². The fourth-order valence-corrected chi connectivity index (χ4v) is 2.99. The second-order valence-corrected chi connectivity index (χ2v) is 4.84. The Kier molecular flexibility index (Phi) is 3.02. The summed E-state index contributed by atoms with van der Waals surface area (Å²) in [6, 6.07) is 10.1. The third-order valence-corrected chi connectivity index (χ3v) is 3.87. The van der Waals surface area contributed by atoms with Gasteiger partial charge in [-0.25, -0.2) is 15.4 Å². The van der Waals surface area contributed by atoms with Crippen molar-refractivity contribution in [2.24, 2.45) is 5.84 Å². The van der Waals surface area contributed by atoms with E-state index in [1.54, 1.807) is 17.5 Å². The summed E-state index contributed by atoms with van der Waals surface area (Å²) in [6.07, 6.45) is 3.26. The van der Waals surface area contributed by atoms with Crippen LogP contribution in [0.1, 0.15) is 17.3 Å². The van der Waals surface area contributed by atoms with Gasteiger partial charge in [0.1, 0.15) is 6.33 Å². The maximum Gasteiger partial charge on any atom is 0.115 e. The summed E-state index contributed by atoms with van der Waals surface area (Å²) in [5.74, 6) is 5.69. The van der Waals surface area contributed by atoms with Gasteiger partial charge in [-0.2, -0.15) is 0 Å². The molecule has 4 nitrogen and oxygen atoms in total. The fraction of sp³-hybridized carbons (Fsp3) is 0.0769. The number of aromatic nitrogens is 2. The molecule has 0 aliphatic carbocycles. The average Bonchev–Trinajstić information content (AvgIpc) is 2.90. The first-order valence-electron chi connectivity index (χ1n) is 5.58. The van der Waals surface area contributed by atoms with Crippen LogP contribution in [0.2, 0.25) is 0 Å². The van der Waals surface area contributed by atoms with Crippen molar-refractivity contribution in [2.45, 2.75) is 6.04 Å². The van der Waals surface area contributed by atoms with Crippen LogP contribution in [0.15, 0.2) is 48.2 Å². The van der Waals surface area contributed by atoms with Gasteiger partial charge in [0.2, 0.25) is 0 Å². The van der Waals surface area contributed by atoms with Crippen molar-refractivity contribution in [1.29, 1.82) is 0 Å². The molecule has 2 heterocycles. The summed E-state index contributed by atoms with van der Waals surface area (Å²) in [5, 5.41) is 3.31. The second-order valence-electron chi connectivity index (χ2n) is 3.92. The minimum absolute atomic E-state index is 0.115. The average molecular weight is 256 g/mol. The van der Waals surface area contributed by atoms with Gasteiger partial charge in [-0.05, 0) is 28.5 Å². The van der Waals surface area contributed by atoms with Crippen molar-refractivity contribution in [3.05, 3.63) is 59.5 Å². The molecule has 3 rings (SSSR count). The Labute approximate surface area is 108 Å². The molecule has 0 amide bonds. The molecule has 3 aromatic rings. The van der Waals surface area contributed by atoms with Crippen LogP contribution < -0.4 is 11.3 Å². The molecule has 90 valence electrons. The predicted octanol–water partition coefficient (Wildman–Crippen LogP) is 2.24. The van der Waals surface area contributed by atoms with Crippen molar-refractivity contribution in [1.82, 2.24) is 15.4 Å². The lowest BCUT2D eigenvalue weighted by Crippen LogP contribution is -2.29. The standard InChI is InChI=1S/C13H12N4S/c14-17-12(11-4-6-15-8-16-11)10-3-1-2-9-5-7-18-13(9)10/h1-8,12,17H,14H2. The molecule has 2 aromatic heterocycles. The fourth-order valence-electron chi connectivity index (χ4n) is 2.05. The van der Waals surface area contributed by atoms with Gasteiger partial charge in [-0.1, -0.05) is 18.2 Å². The molecule has 0 radical (unpaired) electrons. The zero-order chi connectivity index (χ0) is 12.4. The summed E-state index contributed by atoms with van der Waals surface area (Å²) in [6.45, 7) is 0. The monoisotopic (exact) mass is 256 g/mol. The van der Waals surface area contributed by atoms with E-state index in [2.05, 4.69) is 39.0 Å². The molecule has 0 bridgehead atoms. The molecule has 0 aliphatic heterocycles. The van der Waals surface area contributed by atoms with Crippen LogP contribution in [0.5, 0.6) is 0 Å². The van der Waals surface area contributed by atoms with Gasteiger partial charge in [0, 0.05) is 10.9 Å². The molecule has 1 aromatic carbocycles. The number of hydrogen-bond donors (Lipinski definition) is 2. The maximum absolute atomic E-state index is 5.69. The van der Waals surface area contributed by atoms with E-state index in [0.717, 1.165) is 11.3 Å². The Morgan fingerprint density at radius 1 is 1.22 bits per heavy atom. The van der Waals surface area contributed by atoms with Crippen molar-refractivity contribution in [2.75, 3.05) is 0 Å². The highest BCUT2D eigenvalue weighted by Crippen LogP contribution is 2.31. The lowest BCUT2D eigenvalue weighted by Gasteiger charge is -2.16. The van der Waals surface area contributed by atoms with Gasteiger partial charge in [0.25, 0.3) is 0 Å². The summed E-state index contributed by atoms with van der Waals surface area (Å²) >= 11 is 1.71. The van der Waals surface area contributed by atoms with Crippen LogP contribution in [0.25, 0.3) is 10.1 Å². The Hall–Kier alpha value is -1.82. The normalized spacial score (nSPS) is 12.7. The van der Waals surface area contributed by atoms with Gasteiger partial charge in [0.15, 0.2) is 0 Å². The van der Waals surface area contributed by atoms with Gasteiger partial charge in [0.05, 0.1) is 11.7 Å². The maximum atomic E-state index is 5.69. The number of hydrazine groups is 1. The number of nitrogens with one attached hydrogen (secondary N) is 1. The van der Waals surface area contributed by atoms with Crippen LogP contribution in [0.3, 0.4) is 0 Å². The topological polar surface area (TPSA) is 63.8 Å². The van der Waals surface area contributed by atoms with Crippen molar-refractivity contribution >= 4 is 21.4 Å². The number of hydrogen-bond acceptors (Lipinski definition) is 5. The summed E-state index contributed by atoms with van der Waals surface area (Å²) < 4.78 is 1.24. The Morgan fingerprint density at radius 2 is 2.17 bits per heavy atom. The number of nitrogens with zero attached hydrogens (tertiary/aromatic N) is 2. The zero-order valence-electron chi connectivity index (χ0n) is 9.58. The summed E-state index contributed by atoms with van der Waals surface area (Å²) in [4.78, 5) is 8.20. The van der Waals surface area contributed by atoms with Crippen molar-refractivity contribution in [3.8, 4) is 0 Å². The number of fused-ring (bicyclic) bond motifs is 1. The van der Waals surface area contributed by atoms with Gasteiger partial charge in [-0.3, -0.25) is 5.84 Å². The number of rotatable bonds is 3. The molecular weight excluding hydrogens is 244 g/mol. The molecule has 1 atom stereocenters. The molecule has 0 spiro atoms. The first-order chi connectivity index (χ1) is 8.90. The van der Waals surface area contributed by atoms with Crippen LogP contribution in [0.4, 0.5) is 0 Å². The molecule has 0 saturated carbocycles. The number of thiophene rings is 1.